The number of nitriles is 1. The molecule has 1 aromatic heterocycles. The minimum Gasteiger partial charge on any atom is -0.457 e. The molecule has 0 bridgehead atoms. The van der Waals surface area contributed by atoms with Crippen molar-refractivity contribution in [3.63, 3.8) is 0 Å². The van der Waals surface area contributed by atoms with Crippen molar-refractivity contribution in [2.45, 2.75) is 37.5 Å². The molecule has 0 radical (unpaired) electrons. The van der Waals surface area contributed by atoms with Crippen LogP contribution in [0.3, 0.4) is 0 Å². The average Bonchev–Trinajstić information content (AvgIpc) is 3.24. The number of nitrogens with zero attached hydrogens (tertiary/aromatic N) is 3. The molecule has 0 spiro atoms. The second-order valence-electron chi connectivity index (χ2n) is 5.78. The molecule has 2 saturated heterocycles. The molecule has 1 aromatic rings. The van der Waals surface area contributed by atoms with Crippen LogP contribution in [-0.2, 0) is 9.53 Å². The van der Waals surface area contributed by atoms with E-state index in [-0.39, 0.29) is 24.1 Å². The maximum Gasteiger partial charge on any atom is 0.338 e. The van der Waals surface area contributed by atoms with Crippen molar-refractivity contribution in [2.24, 2.45) is 0 Å². The van der Waals surface area contributed by atoms with E-state index in [1.165, 1.54) is 12.4 Å². The maximum atomic E-state index is 12.5. The lowest BCUT2D eigenvalue weighted by atomic mass is 10.1. The van der Waals surface area contributed by atoms with Crippen molar-refractivity contribution in [1.82, 2.24) is 15.2 Å². The van der Waals surface area contributed by atoms with Gasteiger partial charge in [0, 0.05) is 31.9 Å². The first-order valence-corrected chi connectivity index (χ1v) is 7.73. The summed E-state index contributed by atoms with van der Waals surface area (Å²) in [5.41, 5.74) is 0.443. The van der Waals surface area contributed by atoms with Crippen LogP contribution in [0.5, 0.6) is 0 Å². The van der Waals surface area contributed by atoms with Crippen LogP contribution >= 0.6 is 0 Å². The highest BCUT2D eigenvalue weighted by atomic mass is 16.5. The number of nitrogens with one attached hydrogen (secondary N) is 1. The van der Waals surface area contributed by atoms with Crippen molar-refractivity contribution < 1.29 is 14.3 Å². The fourth-order valence-electron chi connectivity index (χ4n) is 3.05. The largest absolute Gasteiger partial charge is 0.457 e. The molecule has 3 heterocycles. The number of ether oxygens (including phenoxy) is 1. The second-order valence-corrected chi connectivity index (χ2v) is 5.78. The molecule has 3 atom stereocenters. The Hall–Kier alpha value is -2.46. The molecular formula is C16H18N4O3. The number of esters is 1. The smallest absolute Gasteiger partial charge is 0.338 e. The number of rotatable bonds is 3. The van der Waals surface area contributed by atoms with Crippen molar-refractivity contribution in [1.29, 1.82) is 5.26 Å². The highest BCUT2D eigenvalue weighted by Gasteiger charge is 2.38. The molecular weight excluding hydrogens is 296 g/mol. The third kappa shape index (κ3) is 3.32. The van der Waals surface area contributed by atoms with Crippen molar-refractivity contribution in [3.8, 4) is 6.07 Å². The molecule has 7 nitrogen and oxygen atoms in total. The van der Waals surface area contributed by atoms with E-state index in [0.717, 1.165) is 12.8 Å². The van der Waals surface area contributed by atoms with Gasteiger partial charge in [0.2, 0.25) is 5.91 Å². The molecule has 0 aromatic carbocycles. The van der Waals surface area contributed by atoms with Gasteiger partial charge in [-0.15, -0.1) is 0 Å². The summed E-state index contributed by atoms with van der Waals surface area (Å²) in [6, 6.07) is 4.63. The minimum absolute atomic E-state index is 0.0727. The van der Waals surface area contributed by atoms with E-state index in [0.29, 0.717) is 25.1 Å². The Kier molecular flexibility index (Phi) is 4.53. The van der Waals surface area contributed by atoms with Gasteiger partial charge in [-0.25, -0.2) is 4.79 Å². The zero-order valence-corrected chi connectivity index (χ0v) is 12.6. The number of likely N-dealkylation sites (tertiary alicyclic amines) is 1. The molecule has 7 heteroatoms. The molecule has 120 valence electrons. The molecule has 2 aliphatic heterocycles. The number of carbonyl (C=O) groups excluding carboxylic acids is 2. The van der Waals surface area contributed by atoms with Gasteiger partial charge in [0.15, 0.2) is 0 Å². The first-order valence-electron chi connectivity index (χ1n) is 7.73. The summed E-state index contributed by atoms with van der Waals surface area (Å²) >= 11 is 0. The van der Waals surface area contributed by atoms with Crippen LogP contribution in [0.1, 0.15) is 29.6 Å². The van der Waals surface area contributed by atoms with Crippen molar-refractivity contribution in [2.75, 3.05) is 13.1 Å². The first-order chi connectivity index (χ1) is 11.2. The van der Waals surface area contributed by atoms with Crippen LogP contribution in [0.4, 0.5) is 0 Å². The maximum absolute atomic E-state index is 12.5. The van der Waals surface area contributed by atoms with E-state index >= 15 is 0 Å². The van der Waals surface area contributed by atoms with Gasteiger partial charge in [-0.2, -0.15) is 5.26 Å². The van der Waals surface area contributed by atoms with Crippen LogP contribution < -0.4 is 5.32 Å². The number of hydrogen-bond acceptors (Lipinski definition) is 6. The van der Waals surface area contributed by atoms with Gasteiger partial charge in [-0.3, -0.25) is 9.78 Å². The molecule has 3 rings (SSSR count). The molecule has 0 saturated carbocycles. The Morgan fingerprint density at radius 2 is 2.17 bits per heavy atom. The van der Waals surface area contributed by atoms with Crippen LogP contribution in [-0.4, -0.2) is 53.0 Å². The number of amides is 1. The fraction of sp³-hybridized carbons (Fsp3) is 0.500. The van der Waals surface area contributed by atoms with Gasteiger partial charge in [0.25, 0.3) is 0 Å². The van der Waals surface area contributed by atoms with Gasteiger partial charge >= 0.3 is 5.97 Å². The molecule has 0 aliphatic carbocycles. The summed E-state index contributed by atoms with van der Waals surface area (Å²) in [5.74, 6) is -0.486. The van der Waals surface area contributed by atoms with Crippen LogP contribution in [0, 0.1) is 11.3 Å². The van der Waals surface area contributed by atoms with Crippen LogP contribution in [0.25, 0.3) is 0 Å². The number of carbonyl (C=O) groups is 2. The van der Waals surface area contributed by atoms with E-state index in [4.69, 9.17) is 10.00 Å². The lowest BCUT2D eigenvalue weighted by molar-refractivity contribution is -0.133. The molecule has 1 N–H and O–H groups in total. The summed E-state index contributed by atoms with van der Waals surface area (Å²) in [6.07, 6.45) is 4.75. The quantitative estimate of drug-likeness (QED) is 0.816. The minimum atomic E-state index is -0.414. The lowest BCUT2D eigenvalue weighted by Crippen LogP contribution is -2.45. The zero-order chi connectivity index (χ0) is 16.2. The third-order valence-corrected chi connectivity index (χ3v) is 4.26. The van der Waals surface area contributed by atoms with E-state index in [1.807, 2.05) is 0 Å². The predicted octanol–water partition coefficient (Wildman–Crippen LogP) is 0.483. The monoisotopic (exact) mass is 314 g/mol. The Labute approximate surface area is 134 Å². The topological polar surface area (TPSA) is 95.3 Å². The number of pyridine rings is 1. The third-order valence-electron chi connectivity index (χ3n) is 4.26. The summed E-state index contributed by atoms with van der Waals surface area (Å²) < 4.78 is 5.43. The molecule has 2 unspecified atom stereocenters. The number of hydrogen-bond donors (Lipinski definition) is 1. The summed E-state index contributed by atoms with van der Waals surface area (Å²) in [4.78, 5) is 30.0. The van der Waals surface area contributed by atoms with E-state index < -0.39 is 5.97 Å². The first kappa shape index (κ1) is 15.4. The summed E-state index contributed by atoms with van der Waals surface area (Å²) in [6.45, 7) is 1.06. The fourth-order valence-corrected chi connectivity index (χ4v) is 3.05. The van der Waals surface area contributed by atoms with Crippen molar-refractivity contribution >= 4 is 11.9 Å². The highest BCUT2D eigenvalue weighted by molar-refractivity contribution is 5.89. The SMILES string of the molecule is N#C[C@@H]1CCCN1C(=O)C1CC(OC(=O)c2ccncc2)CN1. The zero-order valence-electron chi connectivity index (χ0n) is 12.6. The van der Waals surface area contributed by atoms with Gasteiger partial charge in [0.1, 0.15) is 12.1 Å². The second kappa shape index (κ2) is 6.75. The predicted molar refractivity (Wildman–Crippen MR) is 80.2 cm³/mol. The van der Waals surface area contributed by atoms with Gasteiger partial charge in [-0.1, -0.05) is 0 Å². The van der Waals surface area contributed by atoms with Gasteiger partial charge in [-0.05, 0) is 25.0 Å². The summed E-state index contributed by atoms with van der Waals surface area (Å²) in [7, 11) is 0. The molecule has 1 amide bonds. The average molecular weight is 314 g/mol. The molecule has 2 aliphatic rings. The van der Waals surface area contributed by atoms with E-state index in [2.05, 4.69) is 16.4 Å². The number of aromatic nitrogens is 1. The normalized spacial score (nSPS) is 26.7. The van der Waals surface area contributed by atoms with Crippen LogP contribution in [0.2, 0.25) is 0 Å². The Bertz CT molecular complexity index is 628. The van der Waals surface area contributed by atoms with Crippen molar-refractivity contribution in [3.05, 3.63) is 30.1 Å². The standard InChI is InChI=1S/C16H18N4O3/c17-9-12-2-1-7-20(12)15(21)14-8-13(10-19-14)23-16(22)11-3-5-18-6-4-11/h3-6,12-14,19H,1-2,7-8,10H2/t12-,13?,14?/m0/s1. The Morgan fingerprint density at radius 3 is 2.91 bits per heavy atom. The Morgan fingerprint density at radius 1 is 1.39 bits per heavy atom. The van der Waals surface area contributed by atoms with E-state index in [9.17, 15) is 9.59 Å². The van der Waals surface area contributed by atoms with Gasteiger partial charge in [0.05, 0.1) is 17.7 Å². The Balaban J connectivity index is 1.55. The summed E-state index contributed by atoms with van der Waals surface area (Å²) in [5, 5.41) is 12.2. The molecule has 23 heavy (non-hydrogen) atoms. The lowest BCUT2D eigenvalue weighted by Gasteiger charge is -2.23. The van der Waals surface area contributed by atoms with Crippen LogP contribution in [0.15, 0.2) is 24.5 Å². The molecule has 2 fully saturated rings. The van der Waals surface area contributed by atoms with E-state index in [1.54, 1.807) is 17.0 Å². The van der Waals surface area contributed by atoms with Gasteiger partial charge < -0.3 is 15.0 Å². The highest BCUT2D eigenvalue weighted by Crippen LogP contribution is 2.21.